The largest absolute Gasteiger partial charge is 0.358 e. The lowest BCUT2D eigenvalue weighted by Crippen LogP contribution is -2.26. The predicted molar refractivity (Wildman–Crippen MR) is 184 cm³/mol. The van der Waals surface area contributed by atoms with Gasteiger partial charge in [-0.15, -0.1) is 6.42 Å². The molecule has 46 heavy (non-hydrogen) atoms. The summed E-state index contributed by atoms with van der Waals surface area (Å²) in [5, 5.41) is 20.0. The standard InChI is InChI=1S/C36H45N5O5/c1-5-6-10-16-27(2)40-34-32(18-15-19-33(34)36(44)39-26-14-9-11-17-28(3)42)29(4)37-24-12-7-8-13-25-38-35(43)30-20-22-31(23-21-30)41(45)46/h1,6,10,15-16,18-23,40H,7-9,11-14,17,24-26H2,2-4H3,(H,38,43)(H,39,44)/b10-6-,27-16+,37-29?. The van der Waals surface area contributed by atoms with E-state index in [1.807, 2.05) is 32.1 Å². The number of allylic oxidation sites excluding steroid dienone is 4. The summed E-state index contributed by atoms with van der Waals surface area (Å²) in [6.07, 6.45) is 17.1. The van der Waals surface area contributed by atoms with E-state index in [0.717, 1.165) is 61.9 Å². The number of nitro benzene ring substituents is 1. The first-order valence-corrected chi connectivity index (χ1v) is 15.6. The molecule has 0 aliphatic rings. The lowest BCUT2D eigenvalue weighted by Gasteiger charge is -2.17. The third-order valence-corrected chi connectivity index (χ3v) is 7.11. The maximum Gasteiger partial charge on any atom is 0.269 e. The van der Waals surface area contributed by atoms with Crippen LogP contribution in [0.25, 0.3) is 0 Å². The Bertz CT molecular complexity index is 1470. The highest BCUT2D eigenvalue weighted by Gasteiger charge is 2.17. The third kappa shape index (κ3) is 13.7. The first-order chi connectivity index (χ1) is 22.1. The lowest BCUT2D eigenvalue weighted by atomic mass is 10.0. The number of nitrogens with one attached hydrogen (secondary N) is 3. The average Bonchev–Trinajstić information content (AvgIpc) is 3.03. The van der Waals surface area contributed by atoms with Crippen molar-refractivity contribution in [2.45, 2.75) is 72.1 Å². The Kier molecular flexibility index (Phi) is 16.8. The molecular weight excluding hydrogens is 582 g/mol. The number of terminal acetylenes is 1. The number of hydrogen-bond donors (Lipinski definition) is 3. The molecule has 2 aromatic rings. The molecule has 0 spiro atoms. The molecule has 0 saturated heterocycles. The zero-order chi connectivity index (χ0) is 33.7. The van der Waals surface area contributed by atoms with Crippen molar-refractivity contribution in [3.63, 3.8) is 0 Å². The Morgan fingerprint density at radius 2 is 1.50 bits per heavy atom. The second-order valence-corrected chi connectivity index (χ2v) is 10.9. The number of benzene rings is 2. The summed E-state index contributed by atoms with van der Waals surface area (Å²) >= 11 is 0. The van der Waals surface area contributed by atoms with Crippen LogP contribution in [0.2, 0.25) is 0 Å². The number of amides is 2. The Morgan fingerprint density at radius 3 is 2.15 bits per heavy atom. The number of ketones is 1. The van der Waals surface area contributed by atoms with E-state index in [1.54, 1.807) is 25.1 Å². The van der Waals surface area contributed by atoms with Crippen LogP contribution in [-0.4, -0.2) is 47.9 Å². The minimum absolute atomic E-state index is 0.0507. The molecule has 0 unspecified atom stereocenters. The SMILES string of the molecule is C#C/C=C\C=C(/C)Nc1c(C(=O)NCCCCCC(C)=O)cccc1C(C)=NCCCCCCNC(=O)c1ccc([N+](=O)[O-])cc1. The van der Waals surface area contributed by atoms with Crippen molar-refractivity contribution in [3.05, 3.63) is 93.2 Å². The van der Waals surface area contributed by atoms with Gasteiger partial charge in [-0.25, -0.2) is 0 Å². The molecule has 3 N–H and O–H groups in total. The Morgan fingerprint density at radius 1 is 0.870 bits per heavy atom. The Balaban J connectivity index is 1.94. The van der Waals surface area contributed by atoms with Gasteiger partial charge in [0.15, 0.2) is 0 Å². The van der Waals surface area contributed by atoms with E-state index in [0.29, 0.717) is 42.9 Å². The maximum absolute atomic E-state index is 13.2. The number of rotatable bonds is 20. The van der Waals surface area contributed by atoms with Gasteiger partial charge >= 0.3 is 0 Å². The number of para-hydroxylation sites is 1. The van der Waals surface area contributed by atoms with Crippen molar-refractivity contribution >= 4 is 34.7 Å². The van der Waals surface area contributed by atoms with Gasteiger partial charge in [0.05, 0.1) is 16.2 Å². The summed E-state index contributed by atoms with van der Waals surface area (Å²) in [4.78, 5) is 51.7. The molecule has 10 nitrogen and oxygen atoms in total. The van der Waals surface area contributed by atoms with E-state index in [-0.39, 0.29) is 23.3 Å². The average molecular weight is 628 g/mol. The summed E-state index contributed by atoms with van der Waals surface area (Å²) in [6, 6.07) is 11.1. The molecule has 0 aromatic heterocycles. The van der Waals surface area contributed by atoms with Gasteiger partial charge in [-0.2, -0.15) is 0 Å². The van der Waals surface area contributed by atoms with Crippen LogP contribution in [0.1, 0.15) is 98.4 Å². The van der Waals surface area contributed by atoms with Crippen molar-refractivity contribution in [3.8, 4) is 12.3 Å². The fourth-order valence-electron chi connectivity index (χ4n) is 4.60. The van der Waals surface area contributed by atoms with Crippen LogP contribution >= 0.6 is 0 Å². The molecule has 0 aliphatic heterocycles. The highest BCUT2D eigenvalue weighted by molar-refractivity contribution is 6.10. The van der Waals surface area contributed by atoms with E-state index in [4.69, 9.17) is 11.4 Å². The van der Waals surface area contributed by atoms with E-state index < -0.39 is 4.92 Å². The van der Waals surface area contributed by atoms with Crippen molar-refractivity contribution in [2.75, 3.05) is 25.0 Å². The van der Waals surface area contributed by atoms with Crippen molar-refractivity contribution in [1.82, 2.24) is 10.6 Å². The second-order valence-electron chi connectivity index (χ2n) is 10.9. The van der Waals surface area contributed by atoms with Crippen LogP contribution in [0.5, 0.6) is 0 Å². The van der Waals surface area contributed by atoms with Crippen LogP contribution in [-0.2, 0) is 4.79 Å². The van der Waals surface area contributed by atoms with Crippen LogP contribution < -0.4 is 16.0 Å². The third-order valence-electron chi connectivity index (χ3n) is 7.11. The zero-order valence-corrected chi connectivity index (χ0v) is 27.1. The number of hydrogen-bond acceptors (Lipinski definition) is 7. The summed E-state index contributed by atoms with van der Waals surface area (Å²) in [6.45, 7) is 7.08. The number of unbranched alkanes of at least 4 members (excludes halogenated alkanes) is 5. The number of nitrogens with zero attached hydrogens (tertiary/aromatic N) is 2. The van der Waals surface area contributed by atoms with Gasteiger partial charge in [-0.3, -0.25) is 24.7 Å². The lowest BCUT2D eigenvalue weighted by molar-refractivity contribution is -0.384. The van der Waals surface area contributed by atoms with Gasteiger partial charge in [-0.05, 0) is 76.8 Å². The molecule has 0 bridgehead atoms. The smallest absolute Gasteiger partial charge is 0.269 e. The van der Waals surface area contributed by atoms with E-state index in [1.165, 1.54) is 24.3 Å². The Labute approximate surface area is 272 Å². The van der Waals surface area contributed by atoms with E-state index in [9.17, 15) is 24.5 Å². The van der Waals surface area contributed by atoms with Crippen LogP contribution in [0.15, 0.2) is 71.4 Å². The van der Waals surface area contributed by atoms with Gasteiger partial charge in [-0.1, -0.05) is 43.4 Å². The molecule has 0 aliphatic carbocycles. The molecule has 0 fully saturated rings. The van der Waals surface area contributed by atoms with Gasteiger partial charge in [0.25, 0.3) is 17.5 Å². The normalized spacial score (nSPS) is 11.6. The number of aliphatic imine (C=N–C) groups is 1. The minimum atomic E-state index is -0.496. The monoisotopic (exact) mass is 627 g/mol. The van der Waals surface area contributed by atoms with Gasteiger partial charge < -0.3 is 20.7 Å². The molecular formula is C36H45N5O5. The zero-order valence-electron chi connectivity index (χ0n) is 27.1. The molecule has 10 heteroatoms. The first kappa shape index (κ1) is 37.1. The fraction of sp³-hybridized carbons (Fsp3) is 0.389. The molecule has 0 radical (unpaired) electrons. The molecule has 0 atom stereocenters. The maximum atomic E-state index is 13.2. The highest BCUT2D eigenvalue weighted by Crippen LogP contribution is 2.24. The number of Topliss-reactive ketones (excluding diaryl/α,β-unsaturated/α-hetero) is 1. The minimum Gasteiger partial charge on any atom is -0.358 e. The van der Waals surface area contributed by atoms with Crippen LogP contribution in [0.3, 0.4) is 0 Å². The summed E-state index contributed by atoms with van der Waals surface area (Å²) < 4.78 is 0. The quantitative estimate of drug-likeness (QED) is 0.0369. The number of nitro groups is 1. The fourth-order valence-corrected chi connectivity index (χ4v) is 4.60. The van der Waals surface area contributed by atoms with E-state index in [2.05, 4.69) is 21.9 Å². The van der Waals surface area contributed by atoms with Crippen LogP contribution in [0.4, 0.5) is 11.4 Å². The molecule has 0 heterocycles. The van der Waals surface area contributed by atoms with Crippen LogP contribution in [0, 0.1) is 22.5 Å². The van der Waals surface area contributed by atoms with E-state index >= 15 is 0 Å². The van der Waals surface area contributed by atoms with Gasteiger partial charge in [0.1, 0.15) is 5.78 Å². The highest BCUT2D eigenvalue weighted by atomic mass is 16.6. The van der Waals surface area contributed by atoms with Crippen molar-refractivity contribution in [1.29, 1.82) is 0 Å². The first-order valence-electron chi connectivity index (χ1n) is 15.6. The molecule has 2 rings (SSSR count). The number of anilines is 1. The van der Waals surface area contributed by atoms with Crippen molar-refractivity contribution in [2.24, 2.45) is 4.99 Å². The summed E-state index contributed by atoms with van der Waals surface area (Å²) in [5.41, 5.74) is 3.97. The Hall–Kier alpha value is -5.04. The van der Waals surface area contributed by atoms with Gasteiger partial charge in [0, 0.05) is 60.7 Å². The molecule has 0 saturated carbocycles. The molecule has 2 aromatic carbocycles. The molecule has 2 amide bonds. The summed E-state index contributed by atoms with van der Waals surface area (Å²) in [7, 11) is 0. The number of carbonyl (C=O) groups is 3. The summed E-state index contributed by atoms with van der Waals surface area (Å²) in [5.74, 6) is 2.20. The molecule has 244 valence electrons. The topological polar surface area (TPSA) is 143 Å². The number of carbonyl (C=O) groups excluding carboxylic acids is 3. The van der Waals surface area contributed by atoms with Gasteiger partial charge in [0.2, 0.25) is 0 Å². The van der Waals surface area contributed by atoms with Crippen molar-refractivity contribution < 1.29 is 19.3 Å². The number of non-ortho nitro benzene ring substituents is 1. The second kappa shape index (κ2) is 20.8. The predicted octanol–water partition coefficient (Wildman–Crippen LogP) is 6.78.